The molecule has 1 aromatic rings. The van der Waals surface area contributed by atoms with Crippen molar-refractivity contribution in [2.75, 3.05) is 10.6 Å². The fraction of sp³-hybridized carbons (Fsp3) is 0.333. The van der Waals surface area contributed by atoms with Crippen LogP contribution in [-0.4, -0.2) is 20.7 Å². The van der Waals surface area contributed by atoms with Crippen LogP contribution < -0.4 is 35.9 Å². The van der Waals surface area contributed by atoms with Crippen molar-refractivity contribution in [3.8, 4) is 0 Å². The molecule has 0 fully saturated rings. The van der Waals surface area contributed by atoms with Gasteiger partial charge in [0.15, 0.2) is 0 Å². The Balaban J connectivity index is 0.000000463. The Morgan fingerprint density at radius 1 is 1.26 bits per heavy atom. The second-order valence-corrected chi connectivity index (χ2v) is 5.67. The summed E-state index contributed by atoms with van der Waals surface area (Å²) in [5.74, 6) is 0.0799. The highest BCUT2D eigenvalue weighted by atomic mass is 35.7. The quantitative estimate of drug-likeness (QED) is 0.404. The summed E-state index contributed by atoms with van der Waals surface area (Å²) in [7, 11) is -4.69. The minimum Gasteiger partial charge on any atom is -0.383 e. The molecule has 0 aromatic carbocycles. The molecule has 10 nitrogen and oxygen atoms in total. The molecule has 2 rings (SSSR count). The van der Waals surface area contributed by atoms with Crippen LogP contribution in [0.15, 0.2) is 33.0 Å². The van der Waals surface area contributed by atoms with Gasteiger partial charge in [-0.1, -0.05) is 11.6 Å². The SMILES string of the molecule is CC1=CC(C)N(c2c(N)[nH]c(=O)[nH]c2=O)C(C)=C1.[O-][Cl+3]([O-])([O-])O. The molecule has 128 valence electrons. The summed E-state index contributed by atoms with van der Waals surface area (Å²) < 4.78 is 32.7. The van der Waals surface area contributed by atoms with Crippen molar-refractivity contribution in [3.05, 3.63) is 44.3 Å². The summed E-state index contributed by atoms with van der Waals surface area (Å²) in [5, 5.41) is 0. The van der Waals surface area contributed by atoms with E-state index in [0.29, 0.717) is 0 Å². The van der Waals surface area contributed by atoms with Crippen molar-refractivity contribution in [1.29, 1.82) is 0 Å². The first kappa shape index (κ1) is 18.9. The number of allylic oxidation sites excluding steroid dienone is 3. The molecule has 2 heterocycles. The lowest BCUT2D eigenvalue weighted by molar-refractivity contribution is -1.92. The van der Waals surface area contributed by atoms with Gasteiger partial charge in [-0.25, -0.2) is 4.79 Å². The zero-order valence-corrected chi connectivity index (χ0v) is 13.4. The maximum Gasteiger partial charge on any atom is 0.327 e. The molecule has 0 bridgehead atoms. The standard InChI is InChI=1S/C12H16N4O2.ClHO4/c1-6-4-7(2)16(8(3)5-6)9-10(13)14-12(18)15-11(9)17;2-1(3,4)5/h4-5,7H,1-3H3,(H4,13,14,15,17,18);(H,2,3,4,5). The highest BCUT2D eigenvalue weighted by Crippen LogP contribution is 2.27. The Hall–Kier alpha value is -2.11. The van der Waals surface area contributed by atoms with E-state index < -0.39 is 21.5 Å². The molecule has 0 amide bonds. The number of aromatic nitrogens is 2. The Kier molecular flexibility index (Phi) is 5.75. The number of nitrogens with one attached hydrogen (secondary N) is 2. The number of rotatable bonds is 1. The van der Waals surface area contributed by atoms with Crippen LogP contribution in [0.5, 0.6) is 0 Å². The predicted molar refractivity (Wildman–Crippen MR) is 73.8 cm³/mol. The zero-order chi connectivity index (χ0) is 17.9. The van der Waals surface area contributed by atoms with E-state index in [-0.39, 0.29) is 17.5 Å². The normalized spacial score (nSPS) is 17.9. The van der Waals surface area contributed by atoms with Gasteiger partial charge in [-0.2, -0.15) is 14.0 Å². The third kappa shape index (κ3) is 5.54. The summed E-state index contributed by atoms with van der Waals surface area (Å²) in [6.07, 6.45) is 3.99. The lowest BCUT2D eigenvalue weighted by Gasteiger charge is -2.33. The van der Waals surface area contributed by atoms with Crippen molar-refractivity contribution < 1.29 is 28.9 Å². The van der Waals surface area contributed by atoms with Crippen LogP contribution in [0, 0.1) is 10.2 Å². The number of halogens is 1. The average molecular weight is 349 g/mol. The number of H-pyrrole nitrogens is 2. The van der Waals surface area contributed by atoms with Crippen molar-refractivity contribution in [2.24, 2.45) is 0 Å². The molecule has 1 aliphatic rings. The van der Waals surface area contributed by atoms with E-state index in [9.17, 15) is 9.59 Å². The number of nitrogens with two attached hydrogens (primary N) is 1. The van der Waals surface area contributed by atoms with E-state index in [1.807, 2.05) is 32.9 Å². The largest absolute Gasteiger partial charge is 0.383 e. The molecule has 23 heavy (non-hydrogen) atoms. The van der Waals surface area contributed by atoms with Crippen LogP contribution in [-0.2, 0) is 0 Å². The lowest BCUT2D eigenvalue weighted by Crippen LogP contribution is -2.58. The number of nitrogens with zero attached hydrogens (tertiary/aromatic N) is 1. The summed E-state index contributed by atoms with van der Waals surface area (Å²) in [6.45, 7) is 5.86. The van der Waals surface area contributed by atoms with Crippen LogP contribution in [0.1, 0.15) is 20.8 Å². The van der Waals surface area contributed by atoms with E-state index in [0.717, 1.165) is 11.3 Å². The fourth-order valence-electron chi connectivity index (χ4n) is 2.34. The highest BCUT2D eigenvalue weighted by Gasteiger charge is 2.23. The molecule has 1 aromatic heterocycles. The summed E-state index contributed by atoms with van der Waals surface area (Å²) in [6, 6.07) is 0.00398. The molecule has 0 spiro atoms. The van der Waals surface area contributed by atoms with Gasteiger partial charge in [-0.3, -0.25) is 14.8 Å². The maximum atomic E-state index is 11.9. The summed E-state index contributed by atoms with van der Waals surface area (Å²) in [5.41, 5.74) is 6.99. The maximum absolute atomic E-state index is 11.9. The zero-order valence-electron chi connectivity index (χ0n) is 12.6. The van der Waals surface area contributed by atoms with E-state index >= 15 is 0 Å². The highest BCUT2D eigenvalue weighted by molar-refractivity contribution is 5.67. The third-order valence-corrected chi connectivity index (χ3v) is 2.91. The Morgan fingerprint density at radius 2 is 1.78 bits per heavy atom. The third-order valence-electron chi connectivity index (χ3n) is 2.91. The van der Waals surface area contributed by atoms with Gasteiger partial charge in [-0.05, 0) is 26.8 Å². The molecule has 5 N–H and O–H groups in total. The van der Waals surface area contributed by atoms with Crippen molar-refractivity contribution >= 4 is 11.5 Å². The molecule has 1 unspecified atom stereocenters. The van der Waals surface area contributed by atoms with Gasteiger partial charge in [0.25, 0.3) is 5.56 Å². The van der Waals surface area contributed by atoms with Crippen LogP contribution in [0.3, 0.4) is 0 Å². The average Bonchev–Trinajstić information content (AvgIpc) is 2.28. The van der Waals surface area contributed by atoms with E-state index in [1.54, 1.807) is 4.90 Å². The smallest absolute Gasteiger partial charge is 0.327 e. The van der Waals surface area contributed by atoms with Crippen molar-refractivity contribution in [3.63, 3.8) is 0 Å². The van der Waals surface area contributed by atoms with E-state index in [1.165, 1.54) is 0 Å². The fourth-order valence-corrected chi connectivity index (χ4v) is 2.34. The van der Waals surface area contributed by atoms with Gasteiger partial charge in [0.05, 0.1) is 14.9 Å². The monoisotopic (exact) mass is 348 g/mol. The minimum absolute atomic E-state index is 0.00398. The van der Waals surface area contributed by atoms with Gasteiger partial charge < -0.3 is 10.6 Å². The molecule has 1 aliphatic heterocycles. The molecule has 0 aliphatic carbocycles. The van der Waals surface area contributed by atoms with Gasteiger partial charge in [0, 0.05) is 11.7 Å². The van der Waals surface area contributed by atoms with Gasteiger partial charge >= 0.3 is 5.69 Å². The number of aromatic amines is 2. The van der Waals surface area contributed by atoms with Gasteiger partial charge in [-0.15, -0.1) is 0 Å². The molecule has 0 radical (unpaired) electrons. The first-order chi connectivity index (χ1) is 10.4. The number of nitrogen functional groups attached to an aromatic ring is 1. The first-order valence-electron chi connectivity index (χ1n) is 6.31. The van der Waals surface area contributed by atoms with Crippen molar-refractivity contribution in [1.82, 2.24) is 9.97 Å². The lowest BCUT2D eigenvalue weighted by atomic mass is 10.1. The minimum atomic E-state index is -4.69. The summed E-state index contributed by atoms with van der Waals surface area (Å²) >= 11 is 0. The Bertz CT molecular complexity index is 739. The van der Waals surface area contributed by atoms with E-state index in [2.05, 4.69) is 9.97 Å². The Labute approximate surface area is 132 Å². The number of hydrogen-bond donors (Lipinski definition) is 4. The van der Waals surface area contributed by atoms with E-state index in [4.69, 9.17) is 24.4 Å². The number of hydrogen-bond acceptors (Lipinski definition) is 8. The first-order valence-corrected chi connectivity index (χ1v) is 7.57. The van der Waals surface area contributed by atoms with Gasteiger partial charge in [0.1, 0.15) is 11.5 Å². The topological polar surface area (TPSA) is 184 Å². The van der Waals surface area contributed by atoms with Crippen LogP contribution in [0.25, 0.3) is 0 Å². The molecule has 0 saturated carbocycles. The Morgan fingerprint density at radius 3 is 2.22 bits per heavy atom. The van der Waals surface area contributed by atoms with Crippen LogP contribution in [0.2, 0.25) is 0 Å². The van der Waals surface area contributed by atoms with Crippen LogP contribution >= 0.6 is 0 Å². The molecule has 11 heteroatoms. The number of anilines is 2. The van der Waals surface area contributed by atoms with Crippen molar-refractivity contribution in [2.45, 2.75) is 26.8 Å². The molecule has 0 saturated heterocycles. The van der Waals surface area contributed by atoms with Gasteiger partial charge in [0.2, 0.25) is 0 Å². The molecular formula is C12H17ClN4O6. The summed E-state index contributed by atoms with van der Waals surface area (Å²) in [4.78, 5) is 29.4. The second-order valence-electron chi connectivity index (χ2n) is 4.87. The van der Waals surface area contributed by atoms with Crippen LogP contribution in [0.4, 0.5) is 11.5 Å². The molecule has 1 atom stereocenters. The second kappa shape index (κ2) is 6.98. The molecular weight excluding hydrogens is 332 g/mol. The predicted octanol–water partition coefficient (Wildman–Crippen LogP) is -3.42.